The van der Waals surface area contributed by atoms with Crippen LogP contribution in [0.15, 0.2) is 89.1 Å². The van der Waals surface area contributed by atoms with Crippen molar-refractivity contribution in [2.24, 2.45) is 10.9 Å². The van der Waals surface area contributed by atoms with Gasteiger partial charge in [0.15, 0.2) is 0 Å². The van der Waals surface area contributed by atoms with Crippen molar-refractivity contribution in [2.75, 3.05) is 11.9 Å². The molecule has 37 heavy (non-hydrogen) atoms. The maximum Gasteiger partial charge on any atom is 0.116 e. The number of rotatable bonds is 8. The van der Waals surface area contributed by atoms with Crippen LogP contribution in [-0.2, 0) is 0 Å². The molecule has 7 heteroatoms. The molecule has 0 atom stereocenters. The van der Waals surface area contributed by atoms with Crippen molar-refractivity contribution in [2.45, 2.75) is 19.8 Å². The van der Waals surface area contributed by atoms with Gasteiger partial charge in [-0.25, -0.2) is 0 Å². The summed E-state index contributed by atoms with van der Waals surface area (Å²) in [4.78, 5) is 8.98. The lowest BCUT2D eigenvalue weighted by Crippen LogP contribution is -2.14. The zero-order valence-electron chi connectivity index (χ0n) is 20.7. The number of aliphatic imine (C=N–C) groups is 1. The number of pyridine rings is 1. The fourth-order valence-corrected chi connectivity index (χ4v) is 5.22. The van der Waals surface area contributed by atoms with Crippen molar-refractivity contribution in [1.82, 2.24) is 20.5 Å². The average molecular weight is 505 g/mol. The number of anilines is 1. The molecule has 3 N–H and O–H groups in total. The van der Waals surface area contributed by atoms with Gasteiger partial charge in [-0.2, -0.15) is 16.4 Å². The van der Waals surface area contributed by atoms with Crippen molar-refractivity contribution in [3.05, 3.63) is 101 Å². The van der Waals surface area contributed by atoms with E-state index in [1.807, 2.05) is 18.6 Å². The Morgan fingerprint density at radius 3 is 2.81 bits per heavy atom. The molecule has 6 nitrogen and oxygen atoms in total. The molecule has 1 aromatic carbocycles. The van der Waals surface area contributed by atoms with Gasteiger partial charge in [-0.3, -0.25) is 15.1 Å². The molecular weight excluding hydrogens is 476 g/mol. The lowest BCUT2D eigenvalue weighted by Gasteiger charge is -2.13. The number of H-pyrrole nitrogens is 1. The molecule has 1 fully saturated rings. The predicted octanol–water partition coefficient (Wildman–Crippen LogP) is 6.94. The van der Waals surface area contributed by atoms with E-state index in [9.17, 15) is 0 Å². The van der Waals surface area contributed by atoms with Crippen molar-refractivity contribution in [1.29, 1.82) is 0 Å². The highest BCUT2D eigenvalue weighted by Gasteiger charge is 2.25. The lowest BCUT2D eigenvalue weighted by atomic mass is 10.0. The molecule has 1 aliphatic carbocycles. The van der Waals surface area contributed by atoms with E-state index in [4.69, 9.17) is 0 Å². The van der Waals surface area contributed by atoms with E-state index in [0.717, 1.165) is 55.9 Å². The van der Waals surface area contributed by atoms with Crippen LogP contribution in [0.4, 0.5) is 5.69 Å². The maximum absolute atomic E-state index is 4.59. The number of thiophene rings is 1. The van der Waals surface area contributed by atoms with Gasteiger partial charge < -0.3 is 10.6 Å². The van der Waals surface area contributed by atoms with Gasteiger partial charge in [-0.05, 0) is 83.0 Å². The van der Waals surface area contributed by atoms with Crippen molar-refractivity contribution < 1.29 is 0 Å². The Kier molecular flexibility index (Phi) is 6.06. The van der Waals surface area contributed by atoms with Crippen LogP contribution in [0.2, 0.25) is 0 Å². The maximum atomic E-state index is 4.59. The standard InChI is InChI=1S/C30H28N6S/c1-18-27(24-9-11-37-17-24)15-32-16-29(18)34-20(3)30-26-13-22(6-7-28(26)35-36-30)23-8-10-31-14-25(12-23)33-19(2)21-4-5-21/h6-9,11-17,21,33-34H,2-5,10H2,1H3,(H,35,36). The minimum absolute atomic E-state index is 0.582. The predicted molar refractivity (Wildman–Crippen MR) is 155 cm³/mol. The molecule has 184 valence electrons. The van der Waals surface area contributed by atoms with E-state index in [0.29, 0.717) is 18.2 Å². The summed E-state index contributed by atoms with van der Waals surface area (Å²) in [6, 6.07) is 8.45. The summed E-state index contributed by atoms with van der Waals surface area (Å²) in [5.74, 6) is 0.582. The summed E-state index contributed by atoms with van der Waals surface area (Å²) in [5, 5.41) is 19.9. The second-order valence-electron chi connectivity index (χ2n) is 9.49. The second-order valence-corrected chi connectivity index (χ2v) is 10.3. The van der Waals surface area contributed by atoms with E-state index < -0.39 is 0 Å². The number of hydrogen-bond donors (Lipinski definition) is 3. The van der Waals surface area contributed by atoms with Crippen LogP contribution in [0.25, 0.3) is 33.3 Å². The quantitative estimate of drug-likeness (QED) is 0.243. The first-order valence-electron chi connectivity index (χ1n) is 12.4. The molecule has 3 aromatic heterocycles. The number of aromatic nitrogens is 3. The molecule has 1 saturated carbocycles. The van der Waals surface area contributed by atoms with Crippen molar-refractivity contribution >= 4 is 45.4 Å². The number of nitrogens with zero attached hydrogens (tertiary/aromatic N) is 3. The zero-order valence-corrected chi connectivity index (χ0v) is 21.5. The third-order valence-electron chi connectivity index (χ3n) is 6.85. The molecule has 0 amide bonds. The van der Waals surface area contributed by atoms with Crippen LogP contribution >= 0.6 is 11.3 Å². The molecule has 2 aliphatic rings. The highest BCUT2D eigenvalue weighted by atomic mass is 32.1. The molecule has 0 spiro atoms. The Hall–Kier alpha value is -4.23. The normalized spacial score (nSPS) is 15.2. The molecule has 6 rings (SSSR count). The summed E-state index contributed by atoms with van der Waals surface area (Å²) in [6.07, 6.45) is 12.3. The second kappa shape index (κ2) is 9.67. The van der Waals surface area contributed by atoms with Gasteiger partial charge in [0.25, 0.3) is 0 Å². The Morgan fingerprint density at radius 1 is 1.11 bits per heavy atom. The zero-order chi connectivity index (χ0) is 25.4. The fourth-order valence-electron chi connectivity index (χ4n) is 4.56. The summed E-state index contributed by atoms with van der Waals surface area (Å²) < 4.78 is 0. The van der Waals surface area contributed by atoms with Gasteiger partial charge in [-0.15, -0.1) is 0 Å². The van der Waals surface area contributed by atoms with Crippen molar-refractivity contribution in [3.8, 4) is 11.1 Å². The molecule has 0 bridgehead atoms. The van der Waals surface area contributed by atoms with Gasteiger partial charge >= 0.3 is 0 Å². The largest absolute Gasteiger partial charge is 0.358 e. The van der Waals surface area contributed by atoms with Crippen LogP contribution in [0.5, 0.6) is 0 Å². The smallest absolute Gasteiger partial charge is 0.116 e. The number of hydrogen-bond acceptors (Lipinski definition) is 6. The third kappa shape index (κ3) is 4.78. The number of allylic oxidation sites excluding steroid dienone is 4. The molecule has 1 aliphatic heterocycles. The Labute approximate surface area is 220 Å². The van der Waals surface area contributed by atoms with Gasteiger partial charge in [0.05, 0.1) is 35.3 Å². The molecular formula is C30H28N6S. The van der Waals surface area contributed by atoms with Crippen LogP contribution in [-0.4, -0.2) is 27.9 Å². The van der Waals surface area contributed by atoms with Crippen LogP contribution in [0.1, 0.15) is 29.7 Å². The van der Waals surface area contributed by atoms with Gasteiger partial charge in [0.1, 0.15) is 5.69 Å². The summed E-state index contributed by atoms with van der Waals surface area (Å²) >= 11 is 1.68. The van der Waals surface area contributed by atoms with E-state index in [-0.39, 0.29) is 0 Å². The van der Waals surface area contributed by atoms with Gasteiger partial charge in [-0.1, -0.05) is 25.3 Å². The van der Waals surface area contributed by atoms with E-state index in [2.05, 4.69) is 98.1 Å². The number of benzene rings is 1. The van der Waals surface area contributed by atoms with Crippen LogP contribution in [0.3, 0.4) is 0 Å². The Bertz CT molecular complexity index is 1600. The molecule has 0 saturated heterocycles. The summed E-state index contributed by atoms with van der Waals surface area (Å²) in [6.45, 7) is 11.2. The Balaban J connectivity index is 1.28. The first-order chi connectivity index (χ1) is 18.1. The number of fused-ring (bicyclic) bond motifs is 1. The summed E-state index contributed by atoms with van der Waals surface area (Å²) in [7, 11) is 0. The average Bonchev–Trinajstić information content (AvgIpc) is 3.53. The third-order valence-corrected chi connectivity index (χ3v) is 7.53. The van der Waals surface area contributed by atoms with Gasteiger partial charge in [0.2, 0.25) is 0 Å². The molecule has 4 aromatic rings. The lowest BCUT2D eigenvalue weighted by molar-refractivity contribution is 0.874. The van der Waals surface area contributed by atoms with Crippen LogP contribution < -0.4 is 10.6 Å². The topological polar surface area (TPSA) is 78.0 Å². The summed E-state index contributed by atoms with van der Waals surface area (Å²) in [5.41, 5.74) is 11.0. The monoisotopic (exact) mass is 504 g/mol. The van der Waals surface area contributed by atoms with E-state index in [1.165, 1.54) is 18.4 Å². The highest BCUT2D eigenvalue weighted by Crippen LogP contribution is 2.35. The minimum Gasteiger partial charge on any atom is -0.358 e. The molecule has 4 heterocycles. The SMILES string of the molecule is C=C(Nc1cncc(-c2ccsc2)c1C)c1n[nH]c2ccc(C3=CCN=CC(NC(=C)C4CC4)=C3)cc12. The first-order valence-corrected chi connectivity index (χ1v) is 13.3. The van der Waals surface area contributed by atoms with E-state index in [1.54, 1.807) is 11.3 Å². The first kappa shape index (κ1) is 23.2. The molecule has 0 unspecified atom stereocenters. The number of nitrogens with one attached hydrogen (secondary N) is 3. The van der Waals surface area contributed by atoms with Crippen molar-refractivity contribution in [3.63, 3.8) is 0 Å². The highest BCUT2D eigenvalue weighted by molar-refractivity contribution is 7.08. The van der Waals surface area contributed by atoms with Crippen LogP contribution in [0, 0.1) is 12.8 Å². The Morgan fingerprint density at radius 2 is 2.00 bits per heavy atom. The molecule has 0 radical (unpaired) electrons. The number of aromatic amines is 1. The fraction of sp³-hybridized carbons (Fsp3) is 0.167. The van der Waals surface area contributed by atoms with E-state index >= 15 is 0 Å². The van der Waals surface area contributed by atoms with Gasteiger partial charge in [0, 0.05) is 29.1 Å². The minimum atomic E-state index is 0.582.